The number of hydrogen-bond donors (Lipinski definition) is 1. The predicted molar refractivity (Wildman–Crippen MR) is 132 cm³/mol. The minimum absolute atomic E-state index is 0.259. The van der Waals surface area contributed by atoms with Crippen molar-refractivity contribution < 1.29 is 14.0 Å². The number of ether oxygens (including phenoxy) is 1. The molecule has 5 nitrogen and oxygen atoms in total. The lowest BCUT2D eigenvalue weighted by Crippen LogP contribution is -2.47. The molecule has 0 aromatic carbocycles. The van der Waals surface area contributed by atoms with Gasteiger partial charge in [-0.25, -0.2) is 9.78 Å². The van der Waals surface area contributed by atoms with Gasteiger partial charge in [-0.15, -0.1) is 0 Å². The van der Waals surface area contributed by atoms with E-state index >= 15 is 0 Å². The second-order valence-corrected chi connectivity index (χ2v) is 15.7. The van der Waals surface area contributed by atoms with E-state index in [2.05, 4.69) is 63.7 Å². The molecule has 0 bridgehead atoms. The molecule has 1 heterocycles. The zero-order valence-corrected chi connectivity index (χ0v) is 22.5. The number of aryl methyl sites for hydroxylation is 1. The molecule has 1 N–H and O–H groups in total. The van der Waals surface area contributed by atoms with Crippen LogP contribution in [-0.2, 0) is 9.16 Å². The Labute approximate surface area is 194 Å². The maximum Gasteiger partial charge on any atom is 0.413 e. The largest absolute Gasteiger partial charge is 0.444 e. The molecule has 1 aromatic rings. The van der Waals surface area contributed by atoms with Gasteiger partial charge in [-0.2, -0.15) is 0 Å². The molecule has 0 saturated heterocycles. The Bertz CT molecular complexity index is 776. The zero-order chi connectivity index (χ0) is 24.0. The van der Waals surface area contributed by atoms with Crippen LogP contribution in [0.3, 0.4) is 0 Å². The summed E-state index contributed by atoms with van der Waals surface area (Å²) in [5.74, 6) is 6.64. The van der Waals surface area contributed by atoms with E-state index in [1.807, 2.05) is 6.92 Å². The summed E-state index contributed by atoms with van der Waals surface area (Å²) in [5.41, 5.74) is 2.56. The van der Waals surface area contributed by atoms with Crippen LogP contribution in [-0.4, -0.2) is 31.6 Å². The van der Waals surface area contributed by atoms with Crippen LogP contribution in [0.1, 0.15) is 79.9 Å². The molecule has 0 spiro atoms. The molecule has 0 saturated carbocycles. The Hall–Kier alpha value is -1.55. The Morgan fingerprint density at radius 1 is 1.16 bits per heavy atom. The number of rotatable bonds is 7. The van der Waals surface area contributed by atoms with Gasteiger partial charge in [-0.3, -0.25) is 5.32 Å². The van der Waals surface area contributed by atoms with Crippen molar-refractivity contribution in [3.05, 3.63) is 22.3 Å². The minimum Gasteiger partial charge on any atom is -0.444 e. The Morgan fingerprint density at radius 2 is 1.71 bits per heavy atom. The third-order valence-corrected chi connectivity index (χ3v) is 11.7. The molecule has 0 aliphatic heterocycles. The van der Waals surface area contributed by atoms with Gasteiger partial charge in [0.25, 0.3) is 0 Å². The van der Waals surface area contributed by atoms with E-state index in [1.54, 1.807) is 26.8 Å². The number of amides is 1. The third-order valence-electron chi connectivity index (χ3n) is 5.30. The van der Waals surface area contributed by atoms with Gasteiger partial charge >= 0.3 is 6.09 Å². The SMILES string of the molecule is Cc1cc(NC(=O)OC(C)(C)C)nc(Cl)c1C#CCCO[Si](C(C)C)(C(C)C)C(C)C. The van der Waals surface area contributed by atoms with Crippen molar-refractivity contribution in [1.29, 1.82) is 0 Å². The lowest BCUT2D eigenvalue weighted by Gasteiger charge is -2.42. The van der Waals surface area contributed by atoms with E-state index in [0.29, 0.717) is 41.0 Å². The molecule has 0 fully saturated rings. The fourth-order valence-electron chi connectivity index (χ4n) is 4.19. The Kier molecular flexibility index (Phi) is 10.1. The molecule has 0 aliphatic carbocycles. The Morgan fingerprint density at radius 3 is 2.16 bits per heavy atom. The molecule has 31 heavy (non-hydrogen) atoms. The van der Waals surface area contributed by atoms with Gasteiger partial charge in [0.05, 0.1) is 5.56 Å². The third kappa shape index (κ3) is 7.82. The second kappa shape index (κ2) is 11.4. The molecule has 0 aliphatic rings. The maximum absolute atomic E-state index is 11.9. The molecular formula is C24H39ClN2O3Si. The van der Waals surface area contributed by atoms with Crippen LogP contribution in [0, 0.1) is 18.8 Å². The van der Waals surface area contributed by atoms with E-state index < -0.39 is 20.0 Å². The molecule has 0 unspecified atom stereocenters. The van der Waals surface area contributed by atoms with E-state index in [-0.39, 0.29) is 5.15 Å². The van der Waals surface area contributed by atoms with Crippen molar-refractivity contribution in [3.8, 4) is 11.8 Å². The quantitative estimate of drug-likeness (QED) is 0.198. The molecule has 0 atom stereocenters. The monoisotopic (exact) mass is 466 g/mol. The van der Waals surface area contributed by atoms with Gasteiger partial charge in [0.1, 0.15) is 16.6 Å². The van der Waals surface area contributed by atoms with Crippen LogP contribution in [0.15, 0.2) is 6.07 Å². The van der Waals surface area contributed by atoms with Crippen LogP contribution >= 0.6 is 11.6 Å². The highest BCUT2D eigenvalue weighted by molar-refractivity contribution is 6.77. The predicted octanol–water partition coefficient (Wildman–Crippen LogP) is 7.32. The first-order chi connectivity index (χ1) is 14.2. The van der Waals surface area contributed by atoms with Crippen LogP contribution in [0.25, 0.3) is 0 Å². The van der Waals surface area contributed by atoms with Gasteiger partial charge in [0.2, 0.25) is 0 Å². The summed E-state index contributed by atoms with van der Waals surface area (Å²) in [5, 5.41) is 2.87. The first-order valence-electron chi connectivity index (χ1n) is 11.0. The van der Waals surface area contributed by atoms with Crippen LogP contribution in [0.2, 0.25) is 21.8 Å². The van der Waals surface area contributed by atoms with E-state index in [1.165, 1.54) is 0 Å². The Balaban J connectivity index is 2.84. The number of carbonyl (C=O) groups excluding carboxylic acids is 1. The van der Waals surface area contributed by atoms with Gasteiger partial charge in [-0.1, -0.05) is 65.0 Å². The summed E-state index contributed by atoms with van der Waals surface area (Å²) in [6.07, 6.45) is 0.0637. The fourth-order valence-corrected chi connectivity index (χ4v) is 9.93. The number of hydrogen-bond acceptors (Lipinski definition) is 4. The average Bonchev–Trinajstić information content (AvgIpc) is 2.57. The normalized spacial score (nSPS) is 12.2. The first kappa shape index (κ1) is 27.5. The molecule has 1 amide bonds. The van der Waals surface area contributed by atoms with Gasteiger partial charge in [-0.05, 0) is 55.9 Å². The number of anilines is 1. The standard InChI is InChI=1S/C24H39ClN2O3Si/c1-16(2)31(17(3)4,18(5)6)29-14-12-11-13-20-19(7)15-21(26-22(20)25)27-23(28)30-24(8,9)10/h15-18H,12,14H2,1-10H3,(H,26,27,28). The lowest BCUT2D eigenvalue weighted by atomic mass is 10.1. The highest BCUT2D eigenvalue weighted by Crippen LogP contribution is 2.42. The minimum atomic E-state index is -1.88. The maximum atomic E-state index is 11.9. The molecule has 1 rings (SSSR count). The van der Waals surface area contributed by atoms with Crippen molar-refractivity contribution in [2.24, 2.45) is 0 Å². The topological polar surface area (TPSA) is 60.5 Å². The van der Waals surface area contributed by atoms with Crippen molar-refractivity contribution >= 4 is 31.8 Å². The van der Waals surface area contributed by atoms with Crippen LogP contribution < -0.4 is 5.32 Å². The second-order valence-electron chi connectivity index (χ2n) is 9.83. The number of carbonyl (C=O) groups is 1. The number of aromatic nitrogens is 1. The summed E-state index contributed by atoms with van der Waals surface area (Å²) in [7, 11) is -1.88. The number of nitrogens with zero attached hydrogens (tertiary/aromatic N) is 1. The number of pyridine rings is 1. The summed E-state index contributed by atoms with van der Waals surface area (Å²) >= 11 is 6.33. The lowest BCUT2D eigenvalue weighted by molar-refractivity contribution is 0.0635. The number of nitrogens with one attached hydrogen (secondary N) is 1. The molecule has 1 aromatic heterocycles. The summed E-state index contributed by atoms with van der Waals surface area (Å²) in [6, 6.07) is 1.74. The fraction of sp³-hybridized carbons (Fsp3) is 0.667. The van der Waals surface area contributed by atoms with Crippen molar-refractivity contribution in [2.75, 3.05) is 11.9 Å². The van der Waals surface area contributed by atoms with Crippen molar-refractivity contribution in [3.63, 3.8) is 0 Å². The van der Waals surface area contributed by atoms with Crippen LogP contribution in [0.5, 0.6) is 0 Å². The van der Waals surface area contributed by atoms with Gasteiger partial charge in [0, 0.05) is 13.0 Å². The number of halogens is 1. The molecular weight excluding hydrogens is 428 g/mol. The molecule has 0 radical (unpaired) electrons. The van der Waals surface area contributed by atoms with E-state index in [0.717, 1.165) is 5.56 Å². The summed E-state index contributed by atoms with van der Waals surface area (Å²) < 4.78 is 11.8. The van der Waals surface area contributed by atoms with E-state index in [9.17, 15) is 4.79 Å². The average molecular weight is 467 g/mol. The highest BCUT2D eigenvalue weighted by atomic mass is 35.5. The summed E-state index contributed by atoms with van der Waals surface area (Å²) in [6.45, 7) is 21.6. The highest BCUT2D eigenvalue weighted by Gasteiger charge is 2.44. The molecule has 174 valence electrons. The van der Waals surface area contributed by atoms with Gasteiger partial charge in [0.15, 0.2) is 8.32 Å². The zero-order valence-electron chi connectivity index (χ0n) is 20.8. The van der Waals surface area contributed by atoms with Crippen LogP contribution in [0.4, 0.5) is 10.6 Å². The van der Waals surface area contributed by atoms with Gasteiger partial charge < -0.3 is 9.16 Å². The van der Waals surface area contributed by atoms with Crippen molar-refractivity contribution in [2.45, 2.75) is 97.9 Å². The van der Waals surface area contributed by atoms with Crippen molar-refractivity contribution in [1.82, 2.24) is 4.98 Å². The first-order valence-corrected chi connectivity index (χ1v) is 13.5. The molecule has 7 heteroatoms. The summed E-state index contributed by atoms with van der Waals surface area (Å²) in [4.78, 5) is 16.2. The smallest absolute Gasteiger partial charge is 0.413 e. The van der Waals surface area contributed by atoms with E-state index in [4.69, 9.17) is 20.8 Å².